The van der Waals surface area contributed by atoms with E-state index in [0.717, 1.165) is 16.6 Å². The van der Waals surface area contributed by atoms with Gasteiger partial charge in [-0.3, -0.25) is 4.79 Å². The lowest BCUT2D eigenvalue weighted by atomic mass is 9.82. The molecule has 0 spiro atoms. The van der Waals surface area contributed by atoms with E-state index in [2.05, 4.69) is 54.2 Å². The minimum Gasteiger partial charge on any atom is -0.488 e. The van der Waals surface area contributed by atoms with Crippen LogP contribution in [0.1, 0.15) is 39.2 Å². The third-order valence-corrected chi connectivity index (χ3v) is 5.09. The number of hydrogen-bond acceptors (Lipinski definition) is 4. The molecule has 1 aromatic rings. The molecule has 2 rings (SSSR count). The molecule has 0 aliphatic carbocycles. The van der Waals surface area contributed by atoms with Crippen LogP contribution in [0.25, 0.3) is 0 Å². The van der Waals surface area contributed by atoms with Gasteiger partial charge in [-0.1, -0.05) is 26.8 Å². The van der Waals surface area contributed by atoms with Gasteiger partial charge in [-0.2, -0.15) is 0 Å². The number of halogens is 1. The van der Waals surface area contributed by atoms with Gasteiger partial charge >= 0.3 is 5.97 Å². The number of hydrogen-bond donors (Lipinski definition) is 1. The summed E-state index contributed by atoms with van der Waals surface area (Å²) in [5.74, 6) is 0.582. The first kappa shape index (κ1) is 17.3. The van der Waals surface area contributed by atoms with Gasteiger partial charge in [-0.25, -0.2) is 0 Å². The van der Waals surface area contributed by atoms with Gasteiger partial charge in [-0.05, 0) is 45.5 Å². The first-order chi connectivity index (χ1) is 10.4. The molecule has 1 aliphatic rings. The van der Waals surface area contributed by atoms with E-state index in [1.54, 1.807) is 0 Å². The molecule has 1 heterocycles. The highest BCUT2D eigenvalue weighted by molar-refractivity contribution is 9.10. The maximum absolute atomic E-state index is 11.5. The third-order valence-electron chi connectivity index (χ3n) is 4.47. The maximum Gasteiger partial charge on any atom is 0.323 e. The predicted molar refractivity (Wildman–Crippen MR) is 90.3 cm³/mol. The summed E-state index contributed by atoms with van der Waals surface area (Å²) >= 11 is 3.60. The fourth-order valence-corrected chi connectivity index (χ4v) is 2.99. The first-order valence-electron chi connectivity index (χ1n) is 7.65. The van der Waals surface area contributed by atoms with E-state index in [9.17, 15) is 4.79 Å². The molecule has 2 unspecified atom stereocenters. The van der Waals surface area contributed by atoms with Crippen LogP contribution in [-0.4, -0.2) is 31.8 Å². The van der Waals surface area contributed by atoms with E-state index in [-0.39, 0.29) is 23.5 Å². The Kier molecular flexibility index (Phi) is 5.50. The second-order valence-corrected chi connectivity index (χ2v) is 7.20. The highest BCUT2D eigenvalue weighted by atomic mass is 79.9. The van der Waals surface area contributed by atoms with Gasteiger partial charge in [0, 0.05) is 13.0 Å². The second kappa shape index (κ2) is 7.01. The fraction of sp³-hybridized carbons (Fsp3) is 0.588. The quantitative estimate of drug-likeness (QED) is 0.807. The maximum atomic E-state index is 11.5. The number of ether oxygens (including phenoxy) is 2. The van der Waals surface area contributed by atoms with Gasteiger partial charge in [0.1, 0.15) is 17.9 Å². The van der Waals surface area contributed by atoms with E-state index in [1.165, 1.54) is 12.7 Å². The molecule has 4 nitrogen and oxygen atoms in total. The average Bonchev–Trinajstić information content (AvgIpc) is 2.97. The molecule has 0 amide bonds. The Labute approximate surface area is 140 Å². The Morgan fingerprint density at radius 1 is 1.45 bits per heavy atom. The highest BCUT2D eigenvalue weighted by Crippen LogP contribution is 2.34. The molecular weight excluding hydrogens is 346 g/mol. The molecule has 122 valence electrons. The number of carbonyl (C=O) groups is 1. The number of esters is 1. The fourth-order valence-electron chi connectivity index (χ4n) is 2.52. The molecule has 1 aliphatic heterocycles. The normalized spacial score (nSPS) is 21.7. The number of benzene rings is 1. The minimum absolute atomic E-state index is 0.0227. The average molecular weight is 370 g/mol. The van der Waals surface area contributed by atoms with Gasteiger partial charge in [0.25, 0.3) is 0 Å². The lowest BCUT2D eigenvalue weighted by Crippen LogP contribution is -2.31. The van der Waals surface area contributed by atoms with Crippen molar-refractivity contribution in [2.75, 3.05) is 13.7 Å². The van der Waals surface area contributed by atoms with Gasteiger partial charge in [-0.15, -0.1) is 0 Å². The summed E-state index contributed by atoms with van der Waals surface area (Å²) in [5, 5.41) is 3.13. The van der Waals surface area contributed by atoms with E-state index >= 15 is 0 Å². The van der Waals surface area contributed by atoms with Crippen molar-refractivity contribution in [3.63, 3.8) is 0 Å². The second-order valence-electron chi connectivity index (χ2n) is 6.34. The Morgan fingerprint density at radius 2 is 2.18 bits per heavy atom. The van der Waals surface area contributed by atoms with Gasteiger partial charge in [0.2, 0.25) is 0 Å². The zero-order valence-electron chi connectivity index (χ0n) is 13.6. The summed E-state index contributed by atoms with van der Waals surface area (Å²) in [7, 11) is 1.41. The molecule has 0 saturated carbocycles. The van der Waals surface area contributed by atoms with Gasteiger partial charge < -0.3 is 14.8 Å². The predicted octanol–water partition coefficient (Wildman–Crippen LogP) is 3.42. The molecule has 0 bridgehead atoms. The highest BCUT2D eigenvalue weighted by Gasteiger charge is 2.31. The van der Waals surface area contributed by atoms with Crippen LogP contribution in [0.5, 0.6) is 5.75 Å². The van der Waals surface area contributed by atoms with E-state index in [0.29, 0.717) is 13.0 Å². The Morgan fingerprint density at radius 3 is 2.77 bits per heavy atom. The van der Waals surface area contributed by atoms with Crippen molar-refractivity contribution in [1.82, 2.24) is 5.32 Å². The van der Waals surface area contributed by atoms with Crippen LogP contribution in [0, 0.1) is 0 Å². The molecule has 1 fully saturated rings. The molecule has 0 radical (unpaired) electrons. The zero-order chi connectivity index (χ0) is 16.3. The summed E-state index contributed by atoms with van der Waals surface area (Å²) in [6, 6.07) is 5.97. The van der Waals surface area contributed by atoms with Crippen molar-refractivity contribution in [2.24, 2.45) is 0 Å². The Hall–Kier alpha value is -1.07. The standard InChI is InChI=1S/C17H24BrNO3/c1-5-17(2,3)11-6-7-15(13(18)8-11)22-12-9-14(19-10-12)16(20)21-4/h6-8,12,14,19H,5,9-10H2,1-4H3. The largest absolute Gasteiger partial charge is 0.488 e. The van der Waals surface area contributed by atoms with Crippen LogP contribution in [0.15, 0.2) is 22.7 Å². The van der Waals surface area contributed by atoms with Crippen molar-refractivity contribution in [3.05, 3.63) is 28.2 Å². The molecule has 2 atom stereocenters. The SMILES string of the molecule is CCC(C)(C)c1ccc(OC2CNC(C(=O)OC)C2)c(Br)c1. The van der Waals surface area contributed by atoms with Crippen molar-refractivity contribution in [2.45, 2.75) is 51.2 Å². The van der Waals surface area contributed by atoms with Crippen molar-refractivity contribution < 1.29 is 14.3 Å². The molecule has 0 aromatic heterocycles. The summed E-state index contributed by atoms with van der Waals surface area (Å²) in [6.45, 7) is 7.30. The minimum atomic E-state index is -0.271. The number of methoxy groups -OCH3 is 1. The third kappa shape index (κ3) is 3.82. The number of carbonyl (C=O) groups excluding carboxylic acids is 1. The van der Waals surface area contributed by atoms with Crippen LogP contribution in [0.2, 0.25) is 0 Å². The van der Waals surface area contributed by atoms with Gasteiger partial charge in [0.05, 0.1) is 11.6 Å². The zero-order valence-corrected chi connectivity index (χ0v) is 15.2. The van der Waals surface area contributed by atoms with Crippen molar-refractivity contribution in [1.29, 1.82) is 0 Å². The van der Waals surface area contributed by atoms with Crippen LogP contribution in [0.3, 0.4) is 0 Å². The van der Waals surface area contributed by atoms with Crippen molar-refractivity contribution >= 4 is 21.9 Å². The van der Waals surface area contributed by atoms with Crippen molar-refractivity contribution in [3.8, 4) is 5.75 Å². The van der Waals surface area contributed by atoms with E-state index in [4.69, 9.17) is 9.47 Å². The molecule has 1 N–H and O–H groups in total. The number of rotatable bonds is 5. The van der Waals surface area contributed by atoms with Crippen LogP contribution < -0.4 is 10.1 Å². The van der Waals surface area contributed by atoms with E-state index in [1.807, 2.05) is 6.07 Å². The monoisotopic (exact) mass is 369 g/mol. The molecule has 22 heavy (non-hydrogen) atoms. The smallest absolute Gasteiger partial charge is 0.323 e. The summed E-state index contributed by atoms with van der Waals surface area (Å²) in [6.07, 6.45) is 1.68. The molecule has 1 aromatic carbocycles. The summed E-state index contributed by atoms with van der Waals surface area (Å²) < 4.78 is 11.7. The van der Waals surface area contributed by atoms with Crippen LogP contribution in [-0.2, 0) is 14.9 Å². The lowest BCUT2D eigenvalue weighted by molar-refractivity contribution is -0.142. The van der Waals surface area contributed by atoms with Crippen LogP contribution >= 0.6 is 15.9 Å². The topological polar surface area (TPSA) is 47.6 Å². The Bertz CT molecular complexity index is 545. The van der Waals surface area contributed by atoms with Crippen LogP contribution in [0.4, 0.5) is 0 Å². The van der Waals surface area contributed by atoms with E-state index < -0.39 is 0 Å². The molecule has 5 heteroatoms. The summed E-state index contributed by atoms with van der Waals surface area (Å²) in [5.41, 5.74) is 1.43. The molecular formula is C17H24BrNO3. The molecule has 1 saturated heterocycles. The van der Waals surface area contributed by atoms with Gasteiger partial charge in [0.15, 0.2) is 0 Å². The Balaban J connectivity index is 2.04. The number of nitrogens with one attached hydrogen (secondary N) is 1. The first-order valence-corrected chi connectivity index (χ1v) is 8.44. The summed E-state index contributed by atoms with van der Waals surface area (Å²) in [4.78, 5) is 11.5. The lowest BCUT2D eigenvalue weighted by Gasteiger charge is -2.24.